The number of hydrogen-bond donors (Lipinski definition) is 2. The van der Waals surface area contributed by atoms with Crippen LogP contribution < -0.4 is 5.32 Å². The summed E-state index contributed by atoms with van der Waals surface area (Å²) in [7, 11) is 0. The average Bonchev–Trinajstić information content (AvgIpc) is 2.80. The minimum atomic E-state index is -0.00213. The van der Waals surface area contributed by atoms with E-state index < -0.39 is 0 Å². The molecule has 100 valence electrons. The molecular formula is C13H15BrN4O. The molecule has 0 unspecified atom stereocenters. The van der Waals surface area contributed by atoms with Crippen molar-refractivity contribution < 1.29 is 4.79 Å². The van der Waals surface area contributed by atoms with Crippen LogP contribution in [0, 0.1) is 0 Å². The number of nitrogens with one attached hydrogen (secondary N) is 2. The molecule has 1 amide bonds. The van der Waals surface area contributed by atoms with Crippen molar-refractivity contribution in [2.24, 2.45) is 0 Å². The number of fused-ring (bicyclic) bond motifs is 1. The third-order valence-corrected chi connectivity index (χ3v) is 3.88. The highest BCUT2D eigenvalue weighted by molar-refractivity contribution is 9.10. The molecule has 1 aliphatic heterocycles. The number of carbonyl (C=O) groups is 1. The molecule has 1 aliphatic rings. The highest BCUT2D eigenvalue weighted by atomic mass is 79.9. The molecule has 2 heterocycles. The average molecular weight is 323 g/mol. The van der Waals surface area contributed by atoms with Gasteiger partial charge in [0.1, 0.15) is 0 Å². The fourth-order valence-corrected chi connectivity index (χ4v) is 2.78. The highest BCUT2D eigenvalue weighted by Gasteiger charge is 2.24. The van der Waals surface area contributed by atoms with Crippen LogP contribution in [0.1, 0.15) is 17.4 Å². The summed E-state index contributed by atoms with van der Waals surface area (Å²) in [6.07, 6.45) is 0. The Hall–Kier alpha value is -1.40. The molecule has 1 atom stereocenters. The lowest BCUT2D eigenvalue weighted by atomic mass is 10.1. The van der Waals surface area contributed by atoms with Gasteiger partial charge in [-0.05, 0) is 25.1 Å². The zero-order chi connectivity index (χ0) is 13.4. The van der Waals surface area contributed by atoms with Gasteiger partial charge in [0.2, 0.25) is 0 Å². The predicted molar refractivity (Wildman–Crippen MR) is 77.2 cm³/mol. The fraction of sp³-hybridized carbons (Fsp3) is 0.385. The van der Waals surface area contributed by atoms with Gasteiger partial charge in [0.05, 0.1) is 5.52 Å². The summed E-state index contributed by atoms with van der Waals surface area (Å²) >= 11 is 3.43. The zero-order valence-corrected chi connectivity index (χ0v) is 12.2. The minimum absolute atomic E-state index is 0.00213. The quantitative estimate of drug-likeness (QED) is 0.841. The summed E-state index contributed by atoms with van der Waals surface area (Å²) < 4.78 is 0.948. The first-order chi connectivity index (χ1) is 9.15. The Bertz CT molecular complexity index is 624. The molecular weight excluding hydrogens is 308 g/mol. The Balaban J connectivity index is 1.95. The van der Waals surface area contributed by atoms with Crippen molar-refractivity contribution in [2.75, 3.05) is 19.6 Å². The van der Waals surface area contributed by atoms with Crippen molar-refractivity contribution in [2.45, 2.75) is 13.0 Å². The maximum Gasteiger partial charge on any atom is 0.275 e. The number of carbonyl (C=O) groups excluding carboxylic acids is 1. The van der Waals surface area contributed by atoms with Crippen LogP contribution in [-0.2, 0) is 0 Å². The first-order valence-electron chi connectivity index (χ1n) is 6.31. The van der Waals surface area contributed by atoms with Crippen LogP contribution in [0.25, 0.3) is 10.9 Å². The van der Waals surface area contributed by atoms with Gasteiger partial charge in [0.25, 0.3) is 5.91 Å². The number of halogens is 1. The van der Waals surface area contributed by atoms with Gasteiger partial charge in [-0.3, -0.25) is 9.89 Å². The van der Waals surface area contributed by atoms with Crippen molar-refractivity contribution in [3.05, 3.63) is 28.4 Å². The SMILES string of the molecule is C[C@@H]1CN(C(=O)c2n[nH]c3ccc(Br)cc23)CCN1. The third-order valence-electron chi connectivity index (χ3n) is 3.38. The highest BCUT2D eigenvalue weighted by Crippen LogP contribution is 2.22. The maximum absolute atomic E-state index is 12.5. The Kier molecular flexibility index (Phi) is 3.28. The monoisotopic (exact) mass is 322 g/mol. The van der Waals surface area contributed by atoms with E-state index in [1.165, 1.54) is 0 Å². The van der Waals surface area contributed by atoms with Gasteiger partial charge >= 0.3 is 0 Å². The molecule has 0 bridgehead atoms. The number of amides is 1. The van der Waals surface area contributed by atoms with Crippen molar-refractivity contribution in [3.8, 4) is 0 Å². The van der Waals surface area contributed by atoms with Gasteiger partial charge < -0.3 is 10.2 Å². The summed E-state index contributed by atoms with van der Waals surface area (Å²) in [5.41, 5.74) is 1.39. The van der Waals surface area contributed by atoms with Crippen molar-refractivity contribution >= 4 is 32.7 Å². The molecule has 0 radical (unpaired) electrons. The lowest BCUT2D eigenvalue weighted by molar-refractivity contribution is 0.0705. The van der Waals surface area contributed by atoms with E-state index in [1.807, 2.05) is 23.1 Å². The number of benzene rings is 1. The fourth-order valence-electron chi connectivity index (χ4n) is 2.42. The number of aromatic nitrogens is 2. The van der Waals surface area contributed by atoms with Crippen LogP contribution in [0.2, 0.25) is 0 Å². The summed E-state index contributed by atoms with van der Waals surface area (Å²) in [5.74, 6) is -0.00213. The Morgan fingerprint density at radius 3 is 3.16 bits per heavy atom. The Morgan fingerprint density at radius 1 is 1.53 bits per heavy atom. The summed E-state index contributed by atoms with van der Waals surface area (Å²) in [6, 6.07) is 6.11. The van der Waals surface area contributed by atoms with Gasteiger partial charge in [-0.2, -0.15) is 5.10 Å². The van der Waals surface area contributed by atoms with E-state index in [2.05, 4.69) is 38.4 Å². The van der Waals surface area contributed by atoms with Crippen LogP contribution in [0.15, 0.2) is 22.7 Å². The van der Waals surface area contributed by atoms with Gasteiger partial charge in [0.15, 0.2) is 5.69 Å². The lowest BCUT2D eigenvalue weighted by Crippen LogP contribution is -2.51. The number of aromatic amines is 1. The minimum Gasteiger partial charge on any atom is -0.334 e. The molecule has 1 aromatic heterocycles. The van der Waals surface area contributed by atoms with Gasteiger partial charge in [-0.1, -0.05) is 15.9 Å². The number of H-pyrrole nitrogens is 1. The second-order valence-corrected chi connectivity index (χ2v) is 5.78. The van der Waals surface area contributed by atoms with E-state index in [4.69, 9.17) is 0 Å². The summed E-state index contributed by atoms with van der Waals surface area (Å²) in [6.45, 7) is 4.37. The molecule has 1 saturated heterocycles. The number of nitrogens with zero attached hydrogens (tertiary/aromatic N) is 2. The van der Waals surface area contributed by atoms with Crippen LogP contribution >= 0.6 is 15.9 Å². The molecule has 2 aromatic rings. The van der Waals surface area contributed by atoms with E-state index in [0.717, 1.165) is 35.0 Å². The summed E-state index contributed by atoms with van der Waals surface area (Å²) in [4.78, 5) is 14.4. The Morgan fingerprint density at radius 2 is 2.37 bits per heavy atom. The second-order valence-electron chi connectivity index (χ2n) is 4.87. The normalized spacial score (nSPS) is 19.9. The van der Waals surface area contributed by atoms with Crippen LogP contribution in [0.5, 0.6) is 0 Å². The predicted octanol–water partition coefficient (Wildman–Crippen LogP) is 1.76. The van der Waals surface area contributed by atoms with Crippen molar-refractivity contribution in [3.63, 3.8) is 0 Å². The van der Waals surface area contributed by atoms with Gasteiger partial charge in [-0.15, -0.1) is 0 Å². The molecule has 1 aromatic carbocycles. The van der Waals surface area contributed by atoms with Crippen molar-refractivity contribution in [1.82, 2.24) is 20.4 Å². The molecule has 0 aliphatic carbocycles. The van der Waals surface area contributed by atoms with Crippen LogP contribution in [0.3, 0.4) is 0 Å². The standard InChI is InChI=1S/C13H15BrN4O/c1-8-7-18(5-4-15-8)13(19)12-10-6-9(14)2-3-11(10)16-17-12/h2-3,6,8,15H,4-5,7H2,1H3,(H,16,17)/t8-/m1/s1. The summed E-state index contributed by atoms with van der Waals surface area (Å²) in [5, 5.41) is 11.3. The molecule has 3 rings (SSSR count). The molecule has 0 saturated carbocycles. The Labute approximate surface area is 119 Å². The number of piperazine rings is 1. The lowest BCUT2D eigenvalue weighted by Gasteiger charge is -2.31. The second kappa shape index (κ2) is 4.94. The first kappa shape index (κ1) is 12.6. The van der Waals surface area contributed by atoms with E-state index >= 15 is 0 Å². The first-order valence-corrected chi connectivity index (χ1v) is 7.11. The maximum atomic E-state index is 12.5. The van der Waals surface area contributed by atoms with E-state index in [9.17, 15) is 4.79 Å². The van der Waals surface area contributed by atoms with E-state index in [1.54, 1.807) is 0 Å². The number of rotatable bonds is 1. The van der Waals surface area contributed by atoms with Gasteiger partial charge in [0, 0.05) is 35.5 Å². The van der Waals surface area contributed by atoms with E-state index in [-0.39, 0.29) is 5.91 Å². The molecule has 2 N–H and O–H groups in total. The smallest absolute Gasteiger partial charge is 0.275 e. The third kappa shape index (κ3) is 2.37. The molecule has 19 heavy (non-hydrogen) atoms. The molecule has 0 spiro atoms. The molecule has 5 nitrogen and oxygen atoms in total. The van der Waals surface area contributed by atoms with Crippen molar-refractivity contribution in [1.29, 1.82) is 0 Å². The van der Waals surface area contributed by atoms with Crippen LogP contribution in [0.4, 0.5) is 0 Å². The van der Waals surface area contributed by atoms with Gasteiger partial charge in [-0.25, -0.2) is 0 Å². The number of hydrogen-bond acceptors (Lipinski definition) is 3. The molecule has 6 heteroatoms. The topological polar surface area (TPSA) is 61.0 Å². The van der Waals surface area contributed by atoms with E-state index in [0.29, 0.717) is 11.7 Å². The molecule has 1 fully saturated rings. The zero-order valence-electron chi connectivity index (χ0n) is 10.6. The largest absolute Gasteiger partial charge is 0.334 e. The van der Waals surface area contributed by atoms with Crippen LogP contribution in [-0.4, -0.2) is 46.7 Å².